The third kappa shape index (κ3) is 4.56. The lowest BCUT2D eigenvalue weighted by atomic mass is 10.0. The summed E-state index contributed by atoms with van der Waals surface area (Å²) in [5.41, 5.74) is 7.01. The van der Waals surface area contributed by atoms with Gasteiger partial charge in [-0.25, -0.2) is 4.39 Å². The largest absolute Gasteiger partial charge is 0.383 e. The van der Waals surface area contributed by atoms with E-state index in [1.807, 2.05) is 6.07 Å². The molecule has 1 aliphatic carbocycles. The Bertz CT molecular complexity index is 395. The van der Waals surface area contributed by atoms with E-state index in [-0.39, 0.29) is 11.9 Å². The van der Waals surface area contributed by atoms with E-state index in [2.05, 4.69) is 4.90 Å². The predicted molar refractivity (Wildman–Crippen MR) is 74.4 cm³/mol. The highest BCUT2D eigenvalue weighted by Crippen LogP contribution is 2.27. The highest BCUT2D eigenvalue weighted by molar-refractivity contribution is 5.19. The smallest absolute Gasteiger partial charge is 0.123 e. The summed E-state index contributed by atoms with van der Waals surface area (Å²) in [5, 5.41) is 0. The lowest BCUT2D eigenvalue weighted by Crippen LogP contribution is -2.32. The van der Waals surface area contributed by atoms with Crippen molar-refractivity contribution in [2.24, 2.45) is 5.73 Å². The maximum absolute atomic E-state index is 13.1. The van der Waals surface area contributed by atoms with Gasteiger partial charge < -0.3 is 10.5 Å². The van der Waals surface area contributed by atoms with Crippen molar-refractivity contribution >= 4 is 0 Å². The van der Waals surface area contributed by atoms with Gasteiger partial charge in [-0.3, -0.25) is 4.90 Å². The number of rotatable bonds is 8. The Morgan fingerprint density at radius 2 is 2.21 bits per heavy atom. The summed E-state index contributed by atoms with van der Waals surface area (Å²) in [4.78, 5) is 2.43. The summed E-state index contributed by atoms with van der Waals surface area (Å²) in [6.45, 7) is 2.66. The second kappa shape index (κ2) is 6.98. The summed E-state index contributed by atoms with van der Waals surface area (Å²) < 4.78 is 18.3. The summed E-state index contributed by atoms with van der Waals surface area (Å²) >= 11 is 0. The van der Waals surface area contributed by atoms with Gasteiger partial charge in [0.25, 0.3) is 0 Å². The van der Waals surface area contributed by atoms with Crippen LogP contribution < -0.4 is 5.73 Å². The zero-order chi connectivity index (χ0) is 13.7. The van der Waals surface area contributed by atoms with E-state index in [0.29, 0.717) is 6.04 Å². The molecule has 1 atom stereocenters. The van der Waals surface area contributed by atoms with Gasteiger partial charge in [0.1, 0.15) is 5.82 Å². The van der Waals surface area contributed by atoms with Crippen molar-refractivity contribution in [1.29, 1.82) is 0 Å². The molecule has 1 aliphatic rings. The van der Waals surface area contributed by atoms with E-state index in [1.165, 1.54) is 25.0 Å². The van der Waals surface area contributed by atoms with Crippen molar-refractivity contribution < 1.29 is 9.13 Å². The topological polar surface area (TPSA) is 38.5 Å². The van der Waals surface area contributed by atoms with Gasteiger partial charge in [0.2, 0.25) is 0 Å². The summed E-state index contributed by atoms with van der Waals surface area (Å²) in [6.07, 6.45) is 3.40. The highest BCUT2D eigenvalue weighted by Gasteiger charge is 2.28. The van der Waals surface area contributed by atoms with Gasteiger partial charge in [0.15, 0.2) is 0 Å². The number of nitrogens with zero attached hydrogens (tertiary/aromatic N) is 1. The highest BCUT2D eigenvalue weighted by atomic mass is 19.1. The fourth-order valence-electron chi connectivity index (χ4n) is 2.33. The van der Waals surface area contributed by atoms with Crippen molar-refractivity contribution in [2.45, 2.75) is 31.3 Å². The number of hydrogen-bond acceptors (Lipinski definition) is 3. The van der Waals surface area contributed by atoms with E-state index in [0.717, 1.165) is 31.7 Å². The lowest BCUT2D eigenvalue weighted by molar-refractivity contribution is 0.141. The number of halogens is 1. The molecule has 0 heterocycles. The first kappa shape index (κ1) is 14.4. The van der Waals surface area contributed by atoms with Crippen LogP contribution in [0, 0.1) is 5.82 Å². The SMILES string of the molecule is COCCN(CCC(N)c1cccc(F)c1)C1CC1. The van der Waals surface area contributed by atoms with E-state index in [4.69, 9.17) is 10.5 Å². The molecular weight excluding hydrogens is 243 g/mol. The zero-order valence-electron chi connectivity index (χ0n) is 11.5. The van der Waals surface area contributed by atoms with Crippen molar-refractivity contribution in [3.8, 4) is 0 Å². The molecule has 0 saturated heterocycles. The van der Waals surface area contributed by atoms with E-state index < -0.39 is 0 Å². The van der Waals surface area contributed by atoms with Crippen molar-refractivity contribution in [2.75, 3.05) is 26.8 Å². The molecule has 0 spiro atoms. The van der Waals surface area contributed by atoms with Crippen molar-refractivity contribution in [1.82, 2.24) is 4.90 Å². The van der Waals surface area contributed by atoms with Crippen LogP contribution in [0.2, 0.25) is 0 Å². The van der Waals surface area contributed by atoms with Gasteiger partial charge in [-0.1, -0.05) is 12.1 Å². The fourth-order valence-corrected chi connectivity index (χ4v) is 2.33. The molecule has 19 heavy (non-hydrogen) atoms. The molecule has 1 aromatic carbocycles. The van der Waals surface area contributed by atoms with E-state index in [1.54, 1.807) is 13.2 Å². The van der Waals surface area contributed by atoms with Crippen molar-refractivity contribution in [3.63, 3.8) is 0 Å². The first-order chi connectivity index (χ1) is 9.20. The molecule has 0 amide bonds. The molecule has 4 heteroatoms. The average molecular weight is 266 g/mol. The standard InChI is InChI=1S/C15H23FN2O/c1-19-10-9-18(14-5-6-14)8-7-15(17)12-3-2-4-13(16)11-12/h2-4,11,14-15H,5-10,17H2,1H3. The molecule has 1 fully saturated rings. The normalized spacial score (nSPS) is 16.8. The maximum atomic E-state index is 13.1. The third-order valence-electron chi connectivity index (χ3n) is 3.65. The molecular formula is C15H23FN2O. The summed E-state index contributed by atoms with van der Waals surface area (Å²) in [7, 11) is 1.73. The molecule has 2 rings (SSSR count). The van der Waals surface area contributed by atoms with Gasteiger partial charge in [-0.15, -0.1) is 0 Å². The van der Waals surface area contributed by atoms with Gasteiger partial charge in [-0.05, 0) is 37.0 Å². The predicted octanol–water partition coefficient (Wildman–Crippen LogP) is 2.33. The Labute approximate surface area is 114 Å². The lowest BCUT2D eigenvalue weighted by Gasteiger charge is -2.23. The second-order valence-electron chi connectivity index (χ2n) is 5.21. The molecule has 3 nitrogen and oxygen atoms in total. The van der Waals surface area contributed by atoms with Gasteiger partial charge in [0.05, 0.1) is 6.61 Å². The van der Waals surface area contributed by atoms with E-state index >= 15 is 0 Å². The zero-order valence-corrected chi connectivity index (χ0v) is 11.5. The number of hydrogen-bond donors (Lipinski definition) is 1. The Balaban J connectivity index is 1.82. The van der Waals surface area contributed by atoms with Crippen LogP contribution in [-0.2, 0) is 4.74 Å². The first-order valence-electron chi connectivity index (χ1n) is 6.94. The number of ether oxygens (including phenoxy) is 1. The van der Waals surface area contributed by atoms with E-state index in [9.17, 15) is 4.39 Å². The molecule has 2 N–H and O–H groups in total. The molecule has 1 saturated carbocycles. The molecule has 106 valence electrons. The van der Waals surface area contributed by atoms with Crippen LogP contribution >= 0.6 is 0 Å². The van der Waals surface area contributed by atoms with Crippen LogP contribution in [0.5, 0.6) is 0 Å². The summed E-state index contributed by atoms with van der Waals surface area (Å²) in [6, 6.07) is 7.19. The number of methoxy groups -OCH3 is 1. The minimum Gasteiger partial charge on any atom is -0.383 e. The Morgan fingerprint density at radius 3 is 2.84 bits per heavy atom. The van der Waals surface area contributed by atoms with Crippen LogP contribution in [0.3, 0.4) is 0 Å². The first-order valence-corrected chi connectivity index (χ1v) is 6.94. The van der Waals surface area contributed by atoms with Gasteiger partial charge in [-0.2, -0.15) is 0 Å². The Kier molecular flexibility index (Phi) is 5.31. The maximum Gasteiger partial charge on any atom is 0.123 e. The monoisotopic (exact) mass is 266 g/mol. The van der Waals surface area contributed by atoms with Crippen LogP contribution in [0.1, 0.15) is 30.9 Å². The molecule has 1 aromatic rings. The number of benzene rings is 1. The minimum atomic E-state index is -0.216. The molecule has 1 unspecified atom stereocenters. The van der Waals surface area contributed by atoms with Crippen LogP contribution in [0.4, 0.5) is 4.39 Å². The second-order valence-corrected chi connectivity index (χ2v) is 5.21. The summed E-state index contributed by atoms with van der Waals surface area (Å²) in [5.74, 6) is -0.216. The van der Waals surface area contributed by atoms with Crippen LogP contribution in [0.25, 0.3) is 0 Å². The minimum absolute atomic E-state index is 0.0977. The van der Waals surface area contributed by atoms with Crippen LogP contribution in [0.15, 0.2) is 24.3 Å². The number of nitrogens with two attached hydrogens (primary N) is 1. The quantitative estimate of drug-likeness (QED) is 0.785. The average Bonchev–Trinajstić information content (AvgIpc) is 3.23. The molecule has 0 bridgehead atoms. The molecule has 0 aromatic heterocycles. The van der Waals surface area contributed by atoms with Crippen molar-refractivity contribution in [3.05, 3.63) is 35.6 Å². The Hall–Kier alpha value is -0.970. The van der Waals surface area contributed by atoms with Gasteiger partial charge in [0, 0.05) is 32.3 Å². The fraction of sp³-hybridized carbons (Fsp3) is 0.600. The van der Waals surface area contributed by atoms with Gasteiger partial charge >= 0.3 is 0 Å². The molecule has 0 aliphatic heterocycles. The molecule has 0 radical (unpaired) electrons. The Morgan fingerprint density at radius 1 is 1.42 bits per heavy atom. The third-order valence-corrected chi connectivity index (χ3v) is 3.65. The van der Waals surface area contributed by atoms with Crippen LogP contribution in [-0.4, -0.2) is 37.7 Å².